The highest BCUT2D eigenvalue weighted by atomic mass is 79.9. The minimum atomic E-state index is 0.451. The molecule has 0 aliphatic carbocycles. The molecule has 0 aliphatic heterocycles. The van der Waals surface area contributed by atoms with E-state index in [1.54, 1.807) is 12.1 Å². The van der Waals surface area contributed by atoms with Gasteiger partial charge in [0, 0.05) is 30.1 Å². The first-order valence-electron chi connectivity index (χ1n) is 6.39. The molecule has 1 aromatic carbocycles. The maximum atomic E-state index is 6.01. The fraction of sp³-hybridized carbons (Fsp3) is 0.308. The monoisotopic (exact) mass is 370 g/mol. The molecule has 0 fully saturated rings. The van der Waals surface area contributed by atoms with Gasteiger partial charge in [-0.2, -0.15) is 15.0 Å². The fourth-order valence-corrected chi connectivity index (χ4v) is 2.09. The number of rotatable bonds is 5. The zero-order chi connectivity index (χ0) is 15.4. The van der Waals surface area contributed by atoms with Crippen LogP contribution in [0.3, 0.4) is 0 Å². The molecule has 0 bridgehead atoms. The van der Waals surface area contributed by atoms with Gasteiger partial charge in [-0.05, 0) is 41.1 Å². The van der Waals surface area contributed by atoms with Gasteiger partial charge >= 0.3 is 0 Å². The topological polar surface area (TPSA) is 66.0 Å². The smallest absolute Gasteiger partial charge is 0.233 e. The van der Waals surface area contributed by atoms with Crippen LogP contribution in [0.25, 0.3) is 0 Å². The lowest BCUT2D eigenvalue weighted by Gasteiger charge is -2.14. The summed E-state index contributed by atoms with van der Waals surface area (Å²) in [6.45, 7) is 2.72. The lowest BCUT2D eigenvalue weighted by molar-refractivity contribution is 0.953. The molecular formula is C13H16BrClN6. The van der Waals surface area contributed by atoms with E-state index < -0.39 is 0 Å². The second-order valence-electron chi connectivity index (χ2n) is 4.46. The SMILES string of the molecule is CCNc1nc(Nc2cc(Cl)ccc2Br)nc(N(C)C)n1. The van der Waals surface area contributed by atoms with Crippen molar-refractivity contribution in [2.24, 2.45) is 0 Å². The quantitative estimate of drug-likeness (QED) is 0.838. The van der Waals surface area contributed by atoms with Gasteiger partial charge in [-0.1, -0.05) is 11.6 Å². The van der Waals surface area contributed by atoms with E-state index in [4.69, 9.17) is 11.6 Å². The Morgan fingerprint density at radius 2 is 1.90 bits per heavy atom. The molecule has 2 N–H and O–H groups in total. The molecule has 0 radical (unpaired) electrons. The molecule has 0 saturated heterocycles. The summed E-state index contributed by atoms with van der Waals surface area (Å²) in [6, 6.07) is 5.47. The number of hydrogen-bond donors (Lipinski definition) is 2. The van der Waals surface area contributed by atoms with E-state index in [0.717, 1.165) is 16.7 Å². The fourth-order valence-electron chi connectivity index (χ4n) is 1.57. The first-order valence-corrected chi connectivity index (χ1v) is 7.56. The van der Waals surface area contributed by atoms with Gasteiger partial charge in [0.05, 0.1) is 5.69 Å². The molecule has 0 saturated carbocycles. The lowest BCUT2D eigenvalue weighted by atomic mass is 10.3. The van der Waals surface area contributed by atoms with E-state index in [1.165, 1.54) is 0 Å². The van der Waals surface area contributed by atoms with Crippen molar-refractivity contribution in [3.63, 3.8) is 0 Å². The van der Waals surface area contributed by atoms with E-state index in [0.29, 0.717) is 22.9 Å². The Morgan fingerprint density at radius 3 is 2.57 bits per heavy atom. The summed E-state index contributed by atoms with van der Waals surface area (Å²) < 4.78 is 0.878. The summed E-state index contributed by atoms with van der Waals surface area (Å²) in [5.74, 6) is 1.55. The van der Waals surface area contributed by atoms with Gasteiger partial charge in [-0.3, -0.25) is 0 Å². The van der Waals surface area contributed by atoms with Crippen LogP contribution in [0.4, 0.5) is 23.5 Å². The number of halogens is 2. The van der Waals surface area contributed by atoms with Crippen molar-refractivity contribution in [3.05, 3.63) is 27.7 Å². The molecule has 0 unspecified atom stereocenters. The predicted octanol–water partition coefficient (Wildman–Crippen LogP) is 3.53. The first kappa shape index (κ1) is 15.8. The maximum Gasteiger partial charge on any atom is 0.233 e. The van der Waals surface area contributed by atoms with Crippen LogP contribution in [0, 0.1) is 0 Å². The van der Waals surface area contributed by atoms with Crippen molar-refractivity contribution in [3.8, 4) is 0 Å². The summed E-state index contributed by atoms with van der Waals surface area (Å²) in [7, 11) is 3.76. The number of nitrogens with one attached hydrogen (secondary N) is 2. The molecule has 2 aromatic rings. The van der Waals surface area contributed by atoms with E-state index in [1.807, 2.05) is 32.0 Å². The lowest BCUT2D eigenvalue weighted by Crippen LogP contribution is -2.16. The van der Waals surface area contributed by atoms with E-state index >= 15 is 0 Å². The van der Waals surface area contributed by atoms with Crippen LogP contribution in [0.1, 0.15) is 6.92 Å². The third kappa shape index (κ3) is 4.18. The van der Waals surface area contributed by atoms with Gasteiger partial charge in [0.1, 0.15) is 0 Å². The molecule has 6 nitrogen and oxygen atoms in total. The van der Waals surface area contributed by atoms with Crippen molar-refractivity contribution < 1.29 is 0 Å². The zero-order valence-corrected chi connectivity index (χ0v) is 14.3. The zero-order valence-electron chi connectivity index (χ0n) is 12.0. The Hall–Kier alpha value is -1.60. The Labute approximate surface area is 137 Å². The van der Waals surface area contributed by atoms with Gasteiger partial charge in [-0.25, -0.2) is 0 Å². The second-order valence-corrected chi connectivity index (χ2v) is 5.75. The Bertz CT molecular complexity index is 634. The van der Waals surface area contributed by atoms with Crippen molar-refractivity contribution >= 4 is 51.1 Å². The second kappa shape index (κ2) is 6.91. The minimum Gasteiger partial charge on any atom is -0.354 e. The number of hydrogen-bond acceptors (Lipinski definition) is 6. The van der Waals surface area contributed by atoms with Gasteiger partial charge in [0.15, 0.2) is 0 Å². The van der Waals surface area contributed by atoms with Crippen LogP contribution in [0.2, 0.25) is 5.02 Å². The average Bonchev–Trinajstić information content (AvgIpc) is 2.43. The minimum absolute atomic E-state index is 0.451. The van der Waals surface area contributed by atoms with E-state index in [-0.39, 0.29) is 0 Å². The number of anilines is 4. The molecule has 0 aliphatic rings. The highest BCUT2D eigenvalue weighted by Gasteiger charge is 2.09. The Morgan fingerprint density at radius 1 is 1.19 bits per heavy atom. The molecule has 0 amide bonds. The third-order valence-electron chi connectivity index (χ3n) is 2.53. The van der Waals surface area contributed by atoms with Crippen molar-refractivity contribution in [2.45, 2.75) is 6.92 Å². The third-order valence-corrected chi connectivity index (χ3v) is 3.46. The molecular weight excluding hydrogens is 356 g/mol. The molecule has 112 valence electrons. The van der Waals surface area contributed by atoms with Gasteiger partial charge < -0.3 is 15.5 Å². The van der Waals surface area contributed by atoms with Crippen LogP contribution < -0.4 is 15.5 Å². The van der Waals surface area contributed by atoms with Crippen molar-refractivity contribution in [1.29, 1.82) is 0 Å². The van der Waals surface area contributed by atoms with Crippen molar-refractivity contribution in [2.75, 3.05) is 36.2 Å². The van der Waals surface area contributed by atoms with Gasteiger partial charge in [0.2, 0.25) is 17.8 Å². The molecule has 0 spiro atoms. The van der Waals surface area contributed by atoms with Gasteiger partial charge in [-0.15, -0.1) is 0 Å². The van der Waals surface area contributed by atoms with Crippen LogP contribution in [0.5, 0.6) is 0 Å². The van der Waals surface area contributed by atoms with Crippen LogP contribution in [-0.2, 0) is 0 Å². The highest BCUT2D eigenvalue weighted by Crippen LogP contribution is 2.28. The van der Waals surface area contributed by atoms with Crippen molar-refractivity contribution in [1.82, 2.24) is 15.0 Å². The normalized spacial score (nSPS) is 10.3. The Kier molecular flexibility index (Phi) is 5.19. The molecule has 8 heteroatoms. The summed E-state index contributed by atoms with van der Waals surface area (Å²) >= 11 is 9.48. The summed E-state index contributed by atoms with van der Waals surface area (Å²) in [5, 5.41) is 6.87. The van der Waals surface area contributed by atoms with Crippen LogP contribution >= 0.6 is 27.5 Å². The number of benzene rings is 1. The predicted molar refractivity (Wildman–Crippen MR) is 90.8 cm³/mol. The van der Waals surface area contributed by atoms with Gasteiger partial charge in [0.25, 0.3) is 0 Å². The highest BCUT2D eigenvalue weighted by molar-refractivity contribution is 9.10. The molecule has 1 aromatic heterocycles. The standard InChI is InChI=1S/C13H16BrClN6/c1-4-16-11-18-12(20-13(19-11)21(2)3)17-10-7-8(15)5-6-9(10)14/h5-7H,4H2,1-3H3,(H2,16,17,18,19,20). The van der Waals surface area contributed by atoms with Crippen LogP contribution in [0.15, 0.2) is 22.7 Å². The molecule has 1 heterocycles. The van der Waals surface area contributed by atoms with Crippen LogP contribution in [-0.4, -0.2) is 35.6 Å². The average molecular weight is 372 g/mol. The molecule has 21 heavy (non-hydrogen) atoms. The van der Waals surface area contributed by atoms with E-state index in [2.05, 4.69) is 41.5 Å². The summed E-state index contributed by atoms with van der Waals surface area (Å²) in [5.41, 5.74) is 0.792. The van der Waals surface area contributed by atoms with E-state index in [9.17, 15) is 0 Å². The summed E-state index contributed by atoms with van der Waals surface area (Å²) in [6.07, 6.45) is 0. The number of nitrogens with zero attached hydrogens (tertiary/aromatic N) is 4. The largest absolute Gasteiger partial charge is 0.354 e. The Balaban J connectivity index is 2.36. The maximum absolute atomic E-state index is 6.01. The summed E-state index contributed by atoms with van der Waals surface area (Å²) in [4.78, 5) is 14.8. The molecule has 0 atom stereocenters. The first-order chi connectivity index (χ1) is 9.99. The molecule has 2 rings (SSSR count). The number of aromatic nitrogens is 3.